The molecule has 0 heterocycles. The second-order valence-corrected chi connectivity index (χ2v) is 9.65. The molecule has 0 radical (unpaired) electrons. The van der Waals surface area contributed by atoms with Crippen LogP contribution < -0.4 is 0 Å². The van der Waals surface area contributed by atoms with Crippen molar-refractivity contribution in [1.82, 2.24) is 0 Å². The van der Waals surface area contributed by atoms with Crippen LogP contribution in [0.1, 0.15) is 91.4 Å². The van der Waals surface area contributed by atoms with E-state index in [0.29, 0.717) is 5.92 Å². The average Bonchev–Trinajstić information content (AvgIpc) is 2.60. The van der Waals surface area contributed by atoms with Gasteiger partial charge in [0.2, 0.25) is 0 Å². The van der Waals surface area contributed by atoms with E-state index in [9.17, 15) is 9.59 Å². The molecule has 0 aromatic heterocycles. The Morgan fingerprint density at radius 2 is 1.31 bits per heavy atom. The van der Waals surface area contributed by atoms with Gasteiger partial charge in [-0.15, -0.1) is 0 Å². The molecule has 3 aliphatic carbocycles. The smallest absolute Gasteiger partial charge is 0.310 e. The summed E-state index contributed by atoms with van der Waals surface area (Å²) in [5.41, 5.74) is -0.512. The molecule has 0 spiro atoms. The lowest BCUT2D eigenvalue weighted by atomic mass is 9.69. The summed E-state index contributed by atoms with van der Waals surface area (Å²) in [5, 5.41) is 0. The van der Waals surface area contributed by atoms with Crippen LogP contribution >= 0.6 is 0 Å². The minimum atomic E-state index is -0.512. The first-order valence-electron chi connectivity index (χ1n) is 10.8. The molecule has 4 nitrogen and oxygen atoms in total. The van der Waals surface area contributed by atoms with Crippen LogP contribution in [0.25, 0.3) is 0 Å². The van der Waals surface area contributed by atoms with Gasteiger partial charge < -0.3 is 9.47 Å². The number of fused-ring (bicyclic) bond motifs is 1. The number of hydrogen-bond donors (Lipinski definition) is 0. The SMILES string of the molecule is CC(C)(C)OC(=O)C1CCCCC1C(=O)OC1CCCC2CCCCC21. The van der Waals surface area contributed by atoms with Gasteiger partial charge in [-0.1, -0.05) is 32.1 Å². The first-order chi connectivity index (χ1) is 12.3. The second-order valence-electron chi connectivity index (χ2n) is 9.65. The van der Waals surface area contributed by atoms with E-state index in [1.165, 1.54) is 38.5 Å². The number of hydrogen-bond acceptors (Lipinski definition) is 4. The molecule has 5 unspecified atom stereocenters. The molecule has 0 N–H and O–H groups in total. The Balaban J connectivity index is 1.63. The van der Waals surface area contributed by atoms with Crippen molar-refractivity contribution < 1.29 is 19.1 Å². The molecule has 148 valence electrons. The van der Waals surface area contributed by atoms with Crippen molar-refractivity contribution in [3.8, 4) is 0 Å². The van der Waals surface area contributed by atoms with Gasteiger partial charge in [0.15, 0.2) is 0 Å². The Morgan fingerprint density at radius 1 is 0.731 bits per heavy atom. The standard InChI is InChI=1S/C22H36O4/c1-22(2,3)26-21(24)18-13-7-6-12-17(18)20(23)25-19-14-8-10-15-9-4-5-11-16(15)19/h15-19H,4-14H2,1-3H3. The summed E-state index contributed by atoms with van der Waals surface area (Å²) in [6.07, 6.45) is 12.1. The van der Waals surface area contributed by atoms with E-state index in [2.05, 4.69) is 0 Å². The summed E-state index contributed by atoms with van der Waals surface area (Å²) >= 11 is 0. The molecule has 0 saturated heterocycles. The first kappa shape index (κ1) is 19.7. The summed E-state index contributed by atoms with van der Waals surface area (Å²) in [4.78, 5) is 25.6. The molecular weight excluding hydrogens is 328 g/mol. The highest BCUT2D eigenvalue weighted by atomic mass is 16.6. The van der Waals surface area contributed by atoms with Crippen molar-refractivity contribution >= 4 is 11.9 Å². The molecule has 0 aliphatic heterocycles. The van der Waals surface area contributed by atoms with Crippen LogP contribution in [-0.4, -0.2) is 23.6 Å². The third-order valence-corrected chi connectivity index (χ3v) is 6.55. The van der Waals surface area contributed by atoms with Gasteiger partial charge in [0.1, 0.15) is 11.7 Å². The molecule has 5 atom stereocenters. The number of rotatable bonds is 3. The minimum absolute atomic E-state index is 0.0720. The Hall–Kier alpha value is -1.06. The molecule has 3 fully saturated rings. The molecule has 4 heteroatoms. The van der Waals surface area contributed by atoms with Crippen LogP contribution in [0, 0.1) is 23.7 Å². The topological polar surface area (TPSA) is 52.6 Å². The Bertz CT molecular complexity index is 505. The van der Waals surface area contributed by atoms with Crippen LogP contribution in [0.3, 0.4) is 0 Å². The van der Waals surface area contributed by atoms with E-state index in [4.69, 9.17) is 9.47 Å². The van der Waals surface area contributed by atoms with Crippen LogP contribution in [0.2, 0.25) is 0 Å². The van der Waals surface area contributed by atoms with Gasteiger partial charge in [-0.25, -0.2) is 0 Å². The molecule has 26 heavy (non-hydrogen) atoms. The normalized spacial score (nSPS) is 35.3. The van der Waals surface area contributed by atoms with Gasteiger partial charge in [-0.2, -0.15) is 0 Å². The molecule has 0 aromatic carbocycles. The Kier molecular flexibility index (Phi) is 6.29. The summed E-state index contributed by atoms with van der Waals surface area (Å²) in [7, 11) is 0. The zero-order chi connectivity index (χ0) is 18.7. The van der Waals surface area contributed by atoms with Gasteiger partial charge in [-0.05, 0) is 71.1 Å². The Labute approximate surface area is 158 Å². The number of ether oxygens (including phenoxy) is 2. The highest BCUT2D eigenvalue weighted by Crippen LogP contribution is 2.42. The van der Waals surface area contributed by atoms with Crippen molar-refractivity contribution in [3.63, 3.8) is 0 Å². The van der Waals surface area contributed by atoms with E-state index < -0.39 is 5.60 Å². The summed E-state index contributed by atoms with van der Waals surface area (Å²) in [6, 6.07) is 0. The molecule has 3 saturated carbocycles. The lowest BCUT2D eigenvalue weighted by molar-refractivity contribution is -0.175. The number of carbonyl (C=O) groups is 2. The zero-order valence-corrected chi connectivity index (χ0v) is 16.8. The van der Waals surface area contributed by atoms with Crippen molar-refractivity contribution in [2.24, 2.45) is 23.7 Å². The maximum atomic E-state index is 13.0. The lowest BCUT2D eigenvalue weighted by Gasteiger charge is -2.41. The number of carbonyl (C=O) groups excluding carboxylic acids is 2. The second kappa shape index (κ2) is 8.31. The Morgan fingerprint density at radius 3 is 2.00 bits per heavy atom. The molecule has 3 rings (SSSR count). The van der Waals surface area contributed by atoms with Crippen LogP contribution in [-0.2, 0) is 19.1 Å². The predicted molar refractivity (Wildman–Crippen MR) is 100 cm³/mol. The largest absolute Gasteiger partial charge is 0.462 e. The zero-order valence-electron chi connectivity index (χ0n) is 16.8. The fraction of sp³-hybridized carbons (Fsp3) is 0.909. The summed E-state index contributed by atoms with van der Waals surface area (Å²) in [5.74, 6) is 0.271. The fourth-order valence-electron chi connectivity index (χ4n) is 5.33. The van der Waals surface area contributed by atoms with Crippen molar-refractivity contribution in [1.29, 1.82) is 0 Å². The van der Waals surface area contributed by atoms with Crippen LogP contribution in [0.15, 0.2) is 0 Å². The van der Waals surface area contributed by atoms with Gasteiger partial charge in [0, 0.05) is 0 Å². The van der Waals surface area contributed by atoms with Crippen molar-refractivity contribution in [2.45, 2.75) is 103 Å². The molecule has 0 aromatic rings. The minimum Gasteiger partial charge on any atom is -0.462 e. The average molecular weight is 365 g/mol. The van der Waals surface area contributed by atoms with Crippen molar-refractivity contribution in [3.05, 3.63) is 0 Å². The van der Waals surface area contributed by atoms with Crippen molar-refractivity contribution in [2.75, 3.05) is 0 Å². The van der Waals surface area contributed by atoms with Crippen LogP contribution in [0.4, 0.5) is 0 Å². The fourth-order valence-corrected chi connectivity index (χ4v) is 5.33. The van der Waals surface area contributed by atoms with E-state index >= 15 is 0 Å². The molecule has 0 amide bonds. The predicted octanol–water partition coefficient (Wildman–Crippen LogP) is 5.04. The van der Waals surface area contributed by atoms with Gasteiger partial charge in [-0.3, -0.25) is 9.59 Å². The summed E-state index contributed by atoms with van der Waals surface area (Å²) < 4.78 is 11.7. The molecule has 0 bridgehead atoms. The van der Waals surface area contributed by atoms with Gasteiger partial charge >= 0.3 is 11.9 Å². The quantitative estimate of drug-likeness (QED) is 0.659. The highest BCUT2D eigenvalue weighted by Gasteiger charge is 2.42. The van der Waals surface area contributed by atoms with Crippen LogP contribution in [0.5, 0.6) is 0 Å². The van der Waals surface area contributed by atoms with Gasteiger partial charge in [0.25, 0.3) is 0 Å². The maximum Gasteiger partial charge on any atom is 0.310 e. The highest BCUT2D eigenvalue weighted by molar-refractivity contribution is 5.82. The third-order valence-electron chi connectivity index (χ3n) is 6.55. The summed E-state index contributed by atoms with van der Waals surface area (Å²) in [6.45, 7) is 5.64. The molecular formula is C22H36O4. The first-order valence-corrected chi connectivity index (χ1v) is 10.8. The lowest BCUT2D eigenvalue weighted by Crippen LogP contribution is -2.42. The maximum absolute atomic E-state index is 13.0. The molecule has 3 aliphatic rings. The van der Waals surface area contributed by atoms with E-state index in [0.717, 1.165) is 38.0 Å². The monoisotopic (exact) mass is 364 g/mol. The van der Waals surface area contributed by atoms with Gasteiger partial charge in [0.05, 0.1) is 11.8 Å². The van der Waals surface area contributed by atoms with E-state index in [-0.39, 0.29) is 29.9 Å². The van der Waals surface area contributed by atoms with E-state index in [1.54, 1.807) is 0 Å². The third kappa shape index (κ3) is 4.80. The van der Waals surface area contributed by atoms with E-state index in [1.807, 2.05) is 20.8 Å². The number of esters is 2.